The number of hydrogen-bond donors (Lipinski definition) is 1. The minimum absolute atomic E-state index is 0.0935. The number of sulfonamides is 1. The molecular formula is C26H29ClN2O7S. The van der Waals surface area contributed by atoms with Crippen molar-refractivity contribution >= 4 is 33.2 Å². The summed E-state index contributed by atoms with van der Waals surface area (Å²) in [6.07, 6.45) is 0.549. The van der Waals surface area contributed by atoms with E-state index in [4.69, 9.17) is 30.5 Å². The van der Waals surface area contributed by atoms with Gasteiger partial charge in [0.05, 0.1) is 39.0 Å². The number of methoxy groups -OCH3 is 4. The Morgan fingerprint density at radius 3 is 2.11 bits per heavy atom. The Kier molecular flexibility index (Phi) is 9.48. The number of amides is 1. The fourth-order valence-corrected chi connectivity index (χ4v) is 5.14. The van der Waals surface area contributed by atoms with Crippen LogP contribution in [0.3, 0.4) is 0 Å². The van der Waals surface area contributed by atoms with Gasteiger partial charge in [0.25, 0.3) is 10.0 Å². The van der Waals surface area contributed by atoms with Crippen LogP contribution in [0.2, 0.25) is 5.02 Å². The minimum Gasteiger partial charge on any atom is -0.497 e. The molecule has 0 aliphatic heterocycles. The summed E-state index contributed by atoms with van der Waals surface area (Å²) in [6, 6.07) is 16.2. The first kappa shape index (κ1) is 27.9. The van der Waals surface area contributed by atoms with Crippen molar-refractivity contribution in [3.8, 4) is 23.0 Å². The zero-order valence-electron chi connectivity index (χ0n) is 21.0. The molecule has 3 rings (SSSR count). The fraction of sp³-hybridized carbons (Fsp3) is 0.269. The highest BCUT2D eigenvalue weighted by Gasteiger charge is 2.31. The van der Waals surface area contributed by atoms with E-state index in [2.05, 4.69) is 5.32 Å². The smallest absolute Gasteiger partial charge is 0.265 e. The van der Waals surface area contributed by atoms with Gasteiger partial charge >= 0.3 is 0 Å². The molecule has 0 radical (unpaired) electrons. The number of nitrogens with one attached hydrogen (secondary N) is 1. The molecule has 198 valence electrons. The van der Waals surface area contributed by atoms with Crippen LogP contribution in [0.15, 0.2) is 65.6 Å². The second-order valence-electron chi connectivity index (χ2n) is 7.79. The van der Waals surface area contributed by atoms with Crippen molar-refractivity contribution in [1.82, 2.24) is 5.32 Å². The number of rotatable bonds is 12. The third kappa shape index (κ3) is 6.78. The molecule has 0 aliphatic rings. The van der Waals surface area contributed by atoms with Crippen LogP contribution in [0.1, 0.15) is 5.56 Å². The maximum Gasteiger partial charge on any atom is 0.265 e. The van der Waals surface area contributed by atoms with Crippen LogP contribution in [0, 0.1) is 0 Å². The molecule has 0 aliphatic carbocycles. The molecule has 0 unspecified atom stereocenters. The molecule has 0 aromatic heterocycles. The van der Waals surface area contributed by atoms with Gasteiger partial charge in [-0.3, -0.25) is 9.10 Å². The normalized spacial score (nSPS) is 10.9. The largest absolute Gasteiger partial charge is 0.497 e. The average Bonchev–Trinajstić information content (AvgIpc) is 2.91. The number of nitrogens with zero attached hydrogens (tertiary/aromatic N) is 1. The number of hydrogen-bond acceptors (Lipinski definition) is 7. The Morgan fingerprint density at radius 2 is 1.49 bits per heavy atom. The van der Waals surface area contributed by atoms with E-state index in [0.29, 0.717) is 29.5 Å². The molecule has 0 fully saturated rings. The Balaban J connectivity index is 1.94. The SMILES string of the molecule is COc1ccc(OC)c(N(CC(=O)NCCc2ccc(Cl)cc2)S(=O)(=O)c2ccc(OC)c(OC)c2)c1. The third-order valence-electron chi connectivity index (χ3n) is 5.53. The van der Waals surface area contributed by atoms with Crippen LogP contribution < -0.4 is 28.6 Å². The van der Waals surface area contributed by atoms with Crippen LogP contribution in [0.25, 0.3) is 0 Å². The Bertz CT molecular complexity index is 1330. The lowest BCUT2D eigenvalue weighted by Gasteiger charge is -2.26. The zero-order chi connectivity index (χ0) is 27.0. The second kappa shape index (κ2) is 12.6. The molecule has 3 aromatic carbocycles. The lowest BCUT2D eigenvalue weighted by atomic mass is 10.1. The Labute approximate surface area is 221 Å². The monoisotopic (exact) mass is 548 g/mol. The molecule has 0 saturated heterocycles. The molecule has 0 atom stereocenters. The van der Waals surface area contributed by atoms with Gasteiger partial charge in [-0.05, 0) is 48.4 Å². The molecular weight excluding hydrogens is 520 g/mol. The van der Waals surface area contributed by atoms with E-state index in [1.165, 1.54) is 52.7 Å². The Morgan fingerprint density at radius 1 is 0.838 bits per heavy atom. The van der Waals surface area contributed by atoms with Gasteiger partial charge in [0.2, 0.25) is 5.91 Å². The number of carbonyl (C=O) groups is 1. The van der Waals surface area contributed by atoms with Crippen LogP contribution >= 0.6 is 11.6 Å². The lowest BCUT2D eigenvalue weighted by molar-refractivity contribution is -0.119. The molecule has 11 heteroatoms. The predicted molar refractivity (Wildman–Crippen MR) is 142 cm³/mol. The van der Waals surface area contributed by atoms with Crippen LogP contribution in [-0.2, 0) is 21.2 Å². The molecule has 0 bridgehead atoms. The number of carbonyl (C=O) groups excluding carboxylic acids is 1. The van der Waals surface area contributed by atoms with Gasteiger partial charge in [-0.15, -0.1) is 0 Å². The quantitative estimate of drug-likeness (QED) is 0.366. The first-order valence-electron chi connectivity index (χ1n) is 11.2. The molecule has 1 amide bonds. The molecule has 0 saturated carbocycles. The summed E-state index contributed by atoms with van der Waals surface area (Å²) in [5, 5.41) is 3.40. The van der Waals surface area contributed by atoms with Gasteiger partial charge in [-0.1, -0.05) is 23.7 Å². The number of benzene rings is 3. The van der Waals surface area contributed by atoms with Crippen LogP contribution in [0.4, 0.5) is 5.69 Å². The van der Waals surface area contributed by atoms with Crippen LogP contribution in [0.5, 0.6) is 23.0 Å². The molecule has 0 heterocycles. The van der Waals surface area contributed by atoms with Crippen molar-refractivity contribution in [3.63, 3.8) is 0 Å². The Hall–Kier alpha value is -3.63. The topological polar surface area (TPSA) is 103 Å². The summed E-state index contributed by atoms with van der Waals surface area (Å²) in [4.78, 5) is 12.9. The third-order valence-corrected chi connectivity index (χ3v) is 7.54. The average molecular weight is 549 g/mol. The van der Waals surface area contributed by atoms with Crippen molar-refractivity contribution in [3.05, 3.63) is 71.2 Å². The lowest BCUT2D eigenvalue weighted by Crippen LogP contribution is -2.41. The first-order chi connectivity index (χ1) is 17.7. The summed E-state index contributed by atoms with van der Waals surface area (Å²) in [5.41, 5.74) is 1.12. The van der Waals surface area contributed by atoms with E-state index in [0.717, 1.165) is 9.87 Å². The maximum absolute atomic E-state index is 13.9. The van der Waals surface area contributed by atoms with Crippen molar-refractivity contribution in [2.45, 2.75) is 11.3 Å². The summed E-state index contributed by atoms with van der Waals surface area (Å²) in [7, 11) is 1.48. The fourth-order valence-electron chi connectivity index (χ4n) is 3.58. The van der Waals surface area contributed by atoms with E-state index in [1.807, 2.05) is 12.1 Å². The predicted octanol–water partition coefficient (Wildman–Crippen LogP) is 3.93. The van der Waals surface area contributed by atoms with Crippen LogP contribution in [-0.4, -0.2) is 55.9 Å². The van der Waals surface area contributed by atoms with Crippen molar-refractivity contribution < 1.29 is 32.2 Å². The van der Waals surface area contributed by atoms with Gasteiger partial charge < -0.3 is 24.3 Å². The molecule has 3 aromatic rings. The first-order valence-corrected chi connectivity index (χ1v) is 13.0. The van der Waals surface area contributed by atoms with Gasteiger partial charge in [0.1, 0.15) is 18.0 Å². The van der Waals surface area contributed by atoms with E-state index in [-0.39, 0.29) is 22.1 Å². The zero-order valence-corrected chi connectivity index (χ0v) is 22.6. The van der Waals surface area contributed by atoms with E-state index in [9.17, 15) is 13.2 Å². The summed E-state index contributed by atoms with van der Waals surface area (Å²) in [6.45, 7) is -0.194. The highest BCUT2D eigenvalue weighted by molar-refractivity contribution is 7.92. The molecule has 1 N–H and O–H groups in total. The maximum atomic E-state index is 13.9. The van der Waals surface area contributed by atoms with E-state index < -0.39 is 22.5 Å². The van der Waals surface area contributed by atoms with E-state index >= 15 is 0 Å². The van der Waals surface area contributed by atoms with Gasteiger partial charge in [0, 0.05) is 23.7 Å². The molecule has 37 heavy (non-hydrogen) atoms. The molecule has 0 spiro atoms. The minimum atomic E-state index is -4.26. The van der Waals surface area contributed by atoms with Crippen molar-refractivity contribution in [1.29, 1.82) is 0 Å². The second-order valence-corrected chi connectivity index (χ2v) is 10.1. The van der Waals surface area contributed by atoms with E-state index in [1.54, 1.807) is 24.3 Å². The summed E-state index contributed by atoms with van der Waals surface area (Å²) >= 11 is 5.92. The number of halogens is 1. The van der Waals surface area contributed by atoms with Crippen molar-refractivity contribution in [2.24, 2.45) is 0 Å². The number of ether oxygens (including phenoxy) is 4. The highest BCUT2D eigenvalue weighted by Crippen LogP contribution is 2.37. The standard InChI is InChI=1S/C26H29ClN2O7S/c1-33-20-9-11-23(34-2)22(15-20)29(17-26(30)28-14-13-18-5-7-19(27)8-6-18)37(31,32)21-10-12-24(35-3)25(16-21)36-4/h5-12,15-16H,13-14,17H2,1-4H3,(H,28,30). The summed E-state index contributed by atoms with van der Waals surface area (Å²) < 4.78 is 49.9. The van der Waals surface area contributed by atoms with Gasteiger partial charge in [-0.2, -0.15) is 0 Å². The highest BCUT2D eigenvalue weighted by atomic mass is 35.5. The van der Waals surface area contributed by atoms with Gasteiger partial charge in [0.15, 0.2) is 11.5 Å². The van der Waals surface area contributed by atoms with Gasteiger partial charge in [-0.25, -0.2) is 8.42 Å². The summed E-state index contributed by atoms with van der Waals surface area (Å²) in [5.74, 6) is 0.744. The molecule has 9 nitrogen and oxygen atoms in total. The van der Waals surface area contributed by atoms with Crippen molar-refractivity contribution in [2.75, 3.05) is 45.8 Å². The number of anilines is 1.